The number of hydrogen-bond acceptors (Lipinski definition) is 8. The van der Waals surface area contributed by atoms with Gasteiger partial charge in [0.1, 0.15) is 10.5 Å². The first-order valence-corrected chi connectivity index (χ1v) is 9.80. The summed E-state index contributed by atoms with van der Waals surface area (Å²) in [5.41, 5.74) is 3.63. The van der Waals surface area contributed by atoms with Crippen molar-refractivity contribution < 1.29 is 4.79 Å². The molecule has 0 spiro atoms. The van der Waals surface area contributed by atoms with Gasteiger partial charge in [-0.2, -0.15) is 0 Å². The zero-order valence-electron chi connectivity index (χ0n) is 14.1. The Morgan fingerprint density at radius 3 is 2.92 bits per heavy atom. The van der Waals surface area contributed by atoms with Gasteiger partial charge in [-0.3, -0.25) is 10.1 Å². The fraction of sp³-hybridized carbons (Fsp3) is 0.250. The Hall–Kier alpha value is -2.59. The topological polar surface area (TPSA) is 109 Å². The van der Waals surface area contributed by atoms with E-state index in [9.17, 15) is 4.79 Å². The van der Waals surface area contributed by atoms with Crippen molar-refractivity contribution in [1.82, 2.24) is 30.4 Å². The normalized spacial score (nSPS) is 11.3. The molecule has 0 aliphatic heterocycles. The summed E-state index contributed by atoms with van der Waals surface area (Å²) >= 11 is 2.56. The van der Waals surface area contributed by atoms with Gasteiger partial charge in [-0.15, -0.1) is 20.4 Å². The van der Waals surface area contributed by atoms with Crippen LogP contribution in [0.25, 0.3) is 22.1 Å². The van der Waals surface area contributed by atoms with Gasteiger partial charge < -0.3 is 4.98 Å². The van der Waals surface area contributed by atoms with Gasteiger partial charge in [0.15, 0.2) is 5.65 Å². The lowest BCUT2D eigenvalue weighted by Gasteiger charge is -2.00. The number of hydrogen-bond donors (Lipinski definition) is 2. The molecular weight excluding hydrogens is 370 g/mol. The summed E-state index contributed by atoms with van der Waals surface area (Å²) in [5, 5.41) is 21.6. The molecule has 0 saturated carbocycles. The minimum absolute atomic E-state index is 0.173. The van der Waals surface area contributed by atoms with Crippen LogP contribution in [0.5, 0.6) is 0 Å². The molecular formula is C16H15N7OS2. The summed E-state index contributed by atoms with van der Waals surface area (Å²) in [6.45, 7) is 3.95. The fourth-order valence-corrected chi connectivity index (χ4v) is 3.71. The molecule has 0 aliphatic carbocycles. The van der Waals surface area contributed by atoms with Gasteiger partial charge in [0.05, 0.1) is 5.75 Å². The Kier molecular flexibility index (Phi) is 4.51. The third-order valence-corrected chi connectivity index (χ3v) is 5.36. The van der Waals surface area contributed by atoms with Gasteiger partial charge in [0.25, 0.3) is 0 Å². The summed E-state index contributed by atoms with van der Waals surface area (Å²) in [7, 11) is 0. The van der Waals surface area contributed by atoms with Gasteiger partial charge in [-0.25, -0.2) is 4.98 Å². The van der Waals surface area contributed by atoms with Crippen LogP contribution in [-0.2, 0) is 11.2 Å². The van der Waals surface area contributed by atoms with Crippen LogP contribution in [0, 0.1) is 6.92 Å². The van der Waals surface area contributed by atoms with Crippen LogP contribution in [0.3, 0.4) is 0 Å². The van der Waals surface area contributed by atoms with Crippen LogP contribution in [0.15, 0.2) is 23.4 Å². The zero-order chi connectivity index (χ0) is 18.1. The molecule has 4 rings (SSSR count). The third-order valence-electron chi connectivity index (χ3n) is 3.77. The Bertz CT molecular complexity index is 1100. The highest BCUT2D eigenvalue weighted by Crippen LogP contribution is 2.25. The van der Waals surface area contributed by atoms with Crippen LogP contribution >= 0.6 is 23.1 Å². The minimum atomic E-state index is -0.181. The summed E-state index contributed by atoms with van der Waals surface area (Å²) in [4.78, 5) is 19.7. The Balaban J connectivity index is 1.50. The number of anilines is 1. The average Bonchev–Trinajstić information content (AvgIpc) is 3.21. The first-order chi connectivity index (χ1) is 12.6. The molecule has 0 fully saturated rings. The molecule has 3 heterocycles. The molecule has 1 aromatic carbocycles. The molecule has 1 amide bonds. The second kappa shape index (κ2) is 6.96. The van der Waals surface area contributed by atoms with Crippen molar-refractivity contribution in [2.45, 2.75) is 25.4 Å². The van der Waals surface area contributed by atoms with Gasteiger partial charge in [-0.1, -0.05) is 36.1 Å². The second-order valence-corrected chi connectivity index (χ2v) is 7.74. The zero-order valence-corrected chi connectivity index (χ0v) is 15.7. The molecule has 2 N–H and O–H groups in total. The highest BCUT2D eigenvalue weighted by atomic mass is 32.2. The van der Waals surface area contributed by atoms with Crippen LogP contribution in [0.2, 0.25) is 0 Å². The standard InChI is InChI=1S/C16H15N7OS2/c1-3-9-4-5-11-10(6-9)13-14(17-11)19-15(22-21-13)25-7-12(24)18-16-23-20-8(2)26-16/h4-6H,3,7H2,1-2H3,(H,17,19,22)(H,18,23,24). The lowest BCUT2D eigenvalue weighted by Crippen LogP contribution is -2.14. The Morgan fingerprint density at radius 1 is 1.27 bits per heavy atom. The van der Waals surface area contributed by atoms with Gasteiger partial charge >= 0.3 is 0 Å². The van der Waals surface area contributed by atoms with E-state index < -0.39 is 0 Å². The smallest absolute Gasteiger partial charge is 0.236 e. The van der Waals surface area contributed by atoms with Crippen molar-refractivity contribution in [3.05, 3.63) is 28.8 Å². The lowest BCUT2D eigenvalue weighted by atomic mass is 10.1. The predicted molar refractivity (Wildman–Crippen MR) is 103 cm³/mol. The van der Waals surface area contributed by atoms with E-state index in [2.05, 4.69) is 54.7 Å². The number of fused-ring (bicyclic) bond motifs is 3. The third kappa shape index (κ3) is 3.37. The number of thioether (sulfide) groups is 1. The highest BCUT2D eigenvalue weighted by molar-refractivity contribution is 7.99. The number of aromatic amines is 1. The maximum absolute atomic E-state index is 12.0. The minimum Gasteiger partial charge on any atom is -0.338 e. The largest absolute Gasteiger partial charge is 0.338 e. The first kappa shape index (κ1) is 16.9. The van der Waals surface area contributed by atoms with Gasteiger partial charge in [0.2, 0.25) is 16.2 Å². The van der Waals surface area contributed by atoms with Crippen LogP contribution in [0.4, 0.5) is 5.13 Å². The van der Waals surface area contributed by atoms with E-state index in [4.69, 9.17) is 0 Å². The number of benzene rings is 1. The molecule has 26 heavy (non-hydrogen) atoms. The molecule has 0 radical (unpaired) electrons. The van der Waals surface area contributed by atoms with E-state index in [1.54, 1.807) is 0 Å². The monoisotopic (exact) mass is 385 g/mol. The van der Waals surface area contributed by atoms with Crippen molar-refractivity contribution in [2.75, 3.05) is 11.1 Å². The van der Waals surface area contributed by atoms with Crippen molar-refractivity contribution in [1.29, 1.82) is 0 Å². The number of rotatable bonds is 5. The molecule has 8 nitrogen and oxygen atoms in total. The molecule has 0 bridgehead atoms. The van der Waals surface area contributed by atoms with Gasteiger partial charge in [0, 0.05) is 10.9 Å². The molecule has 0 aliphatic rings. The van der Waals surface area contributed by atoms with Crippen molar-refractivity contribution in [3.8, 4) is 0 Å². The Labute approximate surface area is 156 Å². The van der Waals surface area contributed by atoms with E-state index in [1.165, 1.54) is 28.7 Å². The second-order valence-electron chi connectivity index (χ2n) is 5.61. The van der Waals surface area contributed by atoms with Crippen LogP contribution in [0.1, 0.15) is 17.5 Å². The number of aromatic nitrogens is 6. The number of nitrogens with one attached hydrogen (secondary N) is 2. The van der Waals surface area contributed by atoms with Crippen molar-refractivity contribution in [3.63, 3.8) is 0 Å². The lowest BCUT2D eigenvalue weighted by molar-refractivity contribution is -0.113. The van der Waals surface area contributed by atoms with Crippen LogP contribution in [-0.4, -0.2) is 42.0 Å². The SMILES string of the molecule is CCc1ccc2[nH]c3nc(SCC(=O)Nc4nnc(C)s4)nnc3c2c1. The first-order valence-electron chi connectivity index (χ1n) is 8.00. The molecule has 10 heteroatoms. The molecule has 0 unspecified atom stereocenters. The summed E-state index contributed by atoms with van der Waals surface area (Å²) < 4.78 is 0. The van der Waals surface area contributed by atoms with E-state index in [-0.39, 0.29) is 11.7 Å². The molecule has 4 aromatic rings. The molecule has 132 valence electrons. The average molecular weight is 385 g/mol. The molecule has 0 atom stereocenters. The van der Waals surface area contributed by atoms with Crippen molar-refractivity contribution >= 4 is 56.2 Å². The molecule has 3 aromatic heterocycles. The van der Waals surface area contributed by atoms with Gasteiger partial charge in [-0.05, 0) is 31.0 Å². The number of carbonyl (C=O) groups excluding carboxylic acids is 1. The maximum atomic E-state index is 12.0. The quantitative estimate of drug-likeness (QED) is 0.508. The maximum Gasteiger partial charge on any atom is 0.236 e. The molecule has 0 saturated heterocycles. The summed E-state index contributed by atoms with van der Waals surface area (Å²) in [6, 6.07) is 6.22. The van der Waals surface area contributed by atoms with E-state index >= 15 is 0 Å². The predicted octanol–water partition coefficient (Wildman–Crippen LogP) is 2.96. The number of aryl methyl sites for hydroxylation is 2. The number of H-pyrrole nitrogens is 1. The van der Waals surface area contributed by atoms with Crippen molar-refractivity contribution in [2.24, 2.45) is 0 Å². The number of carbonyl (C=O) groups is 1. The summed E-state index contributed by atoms with van der Waals surface area (Å²) in [5.74, 6) is -0.00876. The van der Waals surface area contributed by atoms with Crippen LogP contribution < -0.4 is 5.32 Å². The van der Waals surface area contributed by atoms with E-state index in [0.29, 0.717) is 15.9 Å². The van der Waals surface area contributed by atoms with E-state index in [0.717, 1.165) is 27.8 Å². The van der Waals surface area contributed by atoms with E-state index in [1.807, 2.05) is 13.0 Å². The summed E-state index contributed by atoms with van der Waals surface area (Å²) in [6.07, 6.45) is 0.959. The fourth-order valence-electron chi connectivity index (χ4n) is 2.52. The Morgan fingerprint density at radius 2 is 2.15 bits per heavy atom. The number of nitrogens with zero attached hydrogens (tertiary/aromatic N) is 5. The number of amides is 1. The highest BCUT2D eigenvalue weighted by Gasteiger charge is 2.12.